The van der Waals surface area contributed by atoms with Crippen molar-refractivity contribution >= 4 is 5.78 Å². The smallest absolute Gasteiger partial charge is 0.139 e. The highest BCUT2D eigenvalue weighted by Crippen LogP contribution is 2.59. The van der Waals surface area contributed by atoms with Gasteiger partial charge in [-0.1, -0.05) is 18.1 Å². The molecule has 21 heavy (non-hydrogen) atoms. The lowest BCUT2D eigenvalue weighted by Crippen LogP contribution is -2.43. The molecule has 0 N–H and O–H groups in total. The molecule has 0 aromatic heterocycles. The number of hydrogen-bond donors (Lipinski definition) is 0. The first kappa shape index (κ1) is 13.6. The maximum atomic E-state index is 12.3. The Hall–Kier alpha value is -1.05. The fourth-order valence-corrected chi connectivity index (χ4v) is 5.82. The second-order valence-corrected chi connectivity index (χ2v) is 7.72. The van der Waals surface area contributed by atoms with Gasteiger partial charge in [0, 0.05) is 18.3 Å². The molecule has 2 saturated carbocycles. The number of rotatable bonds is 1. The lowest BCUT2D eigenvalue weighted by Gasteiger charge is -2.49. The first-order valence-corrected chi connectivity index (χ1v) is 8.60. The molecule has 0 spiro atoms. The van der Waals surface area contributed by atoms with E-state index in [1.165, 1.54) is 19.3 Å². The minimum atomic E-state index is 0.0153. The number of hydrogen-bond acceptors (Lipinski definition) is 2. The largest absolute Gasteiger partial charge is 0.501 e. The Kier molecular flexibility index (Phi) is 3.06. The molecule has 0 amide bonds. The highest BCUT2D eigenvalue weighted by atomic mass is 16.5. The molecule has 4 aliphatic carbocycles. The van der Waals surface area contributed by atoms with Crippen LogP contribution in [-0.2, 0) is 9.53 Å². The molecular formula is C19H26O2. The topological polar surface area (TPSA) is 26.3 Å². The minimum Gasteiger partial charge on any atom is -0.501 e. The maximum Gasteiger partial charge on any atom is 0.139 e. The van der Waals surface area contributed by atoms with E-state index in [-0.39, 0.29) is 5.41 Å². The highest BCUT2D eigenvalue weighted by Gasteiger charge is 2.54. The van der Waals surface area contributed by atoms with E-state index in [1.54, 1.807) is 18.3 Å². The van der Waals surface area contributed by atoms with Crippen LogP contribution in [0.4, 0.5) is 0 Å². The molecule has 4 aliphatic rings. The minimum absolute atomic E-state index is 0.0153. The number of ether oxygens (including phenoxy) is 1. The van der Waals surface area contributed by atoms with Crippen molar-refractivity contribution in [1.29, 1.82) is 0 Å². The summed E-state index contributed by atoms with van der Waals surface area (Å²) in [5.74, 6) is 3.89. The Bertz CT molecular complexity index is 542. The van der Waals surface area contributed by atoms with Crippen LogP contribution in [0.1, 0.15) is 58.3 Å². The second-order valence-electron chi connectivity index (χ2n) is 7.72. The van der Waals surface area contributed by atoms with Crippen molar-refractivity contribution in [2.45, 2.75) is 58.3 Å². The van der Waals surface area contributed by atoms with E-state index in [2.05, 4.69) is 13.0 Å². The van der Waals surface area contributed by atoms with E-state index in [9.17, 15) is 4.79 Å². The standard InChI is InChI=1S/C19H26O2/c1-19-10-9-15-14-6-4-13(21-2)11-12(14)3-5-16(15)17(19)7-8-18(19)20/h4,15-17H,3,5-11H2,1-2H3/t15-,16?,17+,19+/m1/s1. The molecule has 4 atom stereocenters. The predicted molar refractivity (Wildman–Crippen MR) is 82.6 cm³/mol. The third-order valence-corrected chi connectivity index (χ3v) is 7.03. The van der Waals surface area contributed by atoms with Gasteiger partial charge >= 0.3 is 0 Å². The van der Waals surface area contributed by atoms with Gasteiger partial charge < -0.3 is 4.74 Å². The zero-order valence-electron chi connectivity index (χ0n) is 13.3. The number of allylic oxidation sites excluding steroid dienone is 3. The molecule has 0 aromatic carbocycles. The van der Waals surface area contributed by atoms with E-state index in [4.69, 9.17) is 4.74 Å². The van der Waals surface area contributed by atoms with Gasteiger partial charge in [0.1, 0.15) is 5.78 Å². The lowest BCUT2D eigenvalue weighted by molar-refractivity contribution is -0.129. The molecule has 0 aromatic rings. The molecule has 2 fully saturated rings. The van der Waals surface area contributed by atoms with Gasteiger partial charge in [-0.05, 0) is 62.4 Å². The van der Waals surface area contributed by atoms with E-state index in [0.29, 0.717) is 11.7 Å². The van der Waals surface area contributed by atoms with Crippen LogP contribution in [0.5, 0.6) is 0 Å². The zero-order chi connectivity index (χ0) is 14.6. The van der Waals surface area contributed by atoms with Crippen molar-refractivity contribution in [3.8, 4) is 0 Å². The van der Waals surface area contributed by atoms with Gasteiger partial charge in [-0.2, -0.15) is 0 Å². The summed E-state index contributed by atoms with van der Waals surface area (Å²) < 4.78 is 5.46. The fourth-order valence-electron chi connectivity index (χ4n) is 5.82. The Morgan fingerprint density at radius 1 is 1.24 bits per heavy atom. The SMILES string of the molecule is COC1=CCC2=C(CCC3[C@@H]2CC[C@]2(C)C(=O)CC[C@@H]32)C1. The summed E-state index contributed by atoms with van der Waals surface area (Å²) in [5.41, 5.74) is 3.39. The van der Waals surface area contributed by atoms with Crippen LogP contribution in [0.25, 0.3) is 0 Å². The molecular weight excluding hydrogens is 260 g/mol. The van der Waals surface area contributed by atoms with Gasteiger partial charge in [-0.15, -0.1) is 0 Å². The van der Waals surface area contributed by atoms with Crippen LogP contribution < -0.4 is 0 Å². The van der Waals surface area contributed by atoms with E-state index < -0.39 is 0 Å². The van der Waals surface area contributed by atoms with E-state index in [1.807, 2.05) is 0 Å². The summed E-state index contributed by atoms with van der Waals surface area (Å²) >= 11 is 0. The predicted octanol–water partition coefficient (Wildman–Crippen LogP) is 4.41. The molecule has 0 aliphatic heterocycles. The van der Waals surface area contributed by atoms with Gasteiger partial charge in [-0.3, -0.25) is 4.79 Å². The molecule has 4 rings (SSSR count). The first-order chi connectivity index (χ1) is 10.1. The average Bonchev–Trinajstić information content (AvgIpc) is 2.82. The third-order valence-electron chi connectivity index (χ3n) is 7.03. The number of ketones is 1. The molecule has 0 radical (unpaired) electrons. The van der Waals surface area contributed by atoms with Gasteiger partial charge in [0.2, 0.25) is 0 Å². The van der Waals surface area contributed by atoms with E-state index >= 15 is 0 Å². The molecule has 2 nitrogen and oxygen atoms in total. The van der Waals surface area contributed by atoms with Crippen LogP contribution in [0, 0.1) is 23.2 Å². The summed E-state index contributed by atoms with van der Waals surface area (Å²) in [6.07, 6.45) is 11.3. The Morgan fingerprint density at radius 2 is 2.10 bits per heavy atom. The number of Topliss-reactive ketones (excluding diaryl/α,β-unsaturated/α-hetero) is 1. The van der Waals surface area contributed by atoms with E-state index in [0.717, 1.165) is 49.7 Å². The van der Waals surface area contributed by atoms with Crippen molar-refractivity contribution in [2.75, 3.05) is 7.11 Å². The molecule has 0 bridgehead atoms. The van der Waals surface area contributed by atoms with Crippen molar-refractivity contribution in [1.82, 2.24) is 0 Å². The van der Waals surface area contributed by atoms with Crippen LogP contribution in [0.15, 0.2) is 23.0 Å². The fraction of sp³-hybridized carbons (Fsp3) is 0.737. The molecule has 2 heteroatoms. The van der Waals surface area contributed by atoms with Gasteiger partial charge in [0.25, 0.3) is 0 Å². The summed E-state index contributed by atoms with van der Waals surface area (Å²) in [6, 6.07) is 0. The zero-order valence-corrected chi connectivity index (χ0v) is 13.3. The monoisotopic (exact) mass is 286 g/mol. The van der Waals surface area contributed by atoms with Crippen LogP contribution >= 0.6 is 0 Å². The maximum absolute atomic E-state index is 12.3. The number of fused-ring (bicyclic) bond motifs is 4. The summed E-state index contributed by atoms with van der Waals surface area (Å²) in [7, 11) is 1.79. The van der Waals surface area contributed by atoms with Gasteiger partial charge in [0.15, 0.2) is 0 Å². The summed E-state index contributed by atoms with van der Waals surface area (Å²) in [6.45, 7) is 2.26. The van der Waals surface area contributed by atoms with Crippen LogP contribution in [0.3, 0.4) is 0 Å². The molecule has 0 saturated heterocycles. The van der Waals surface area contributed by atoms with Crippen molar-refractivity contribution < 1.29 is 9.53 Å². The van der Waals surface area contributed by atoms with Crippen molar-refractivity contribution in [3.05, 3.63) is 23.0 Å². The van der Waals surface area contributed by atoms with Gasteiger partial charge in [-0.25, -0.2) is 0 Å². The number of carbonyl (C=O) groups excluding carboxylic acids is 1. The number of carbonyl (C=O) groups is 1. The normalized spacial score (nSPS) is 42.1. The second kappa shape index (κ2) is 4.72. The Morgan fingerprint density at radius 3 is 2.90 bits per heavy atom. The lowest BCUT2D eigenvalue weighted by atomic mass is 9.55. The van der Waals surface area contributed by atoms with Crippen LogP contribution in [-0.4, -0.2) is 12.9 Å². The molecule has 114 valence electrons. The van der Waals surface area contributed by atoms with Crippen LogP contribution in [0.2, 0.25) is 0 Å². The molecule has 0 heterocycles. The molecule has 1 unspecified atom stereocenters. The Balaban J connectivity index is 1.62. The first-order valence-electron chi connectivity index (χ1n) is 8.60. The number of methoxy groups -OCH3 is 1. The van der Waals surface area contributed by atoms with Crippen molar-refractivity contribution in [3.63, 3.8) is 0 Å². The average molecular weight is 286 g/mol. The third kappa shape index (κ3) is 1.87. The quantitative estimate of drug-likeness (QED) is 0.667. The van der Waals surface area contributed by atoms with Gasteiger partial charge in [0.05, 0.1) is 12.9 Å². The Labute approximate surface area is 127 Å². The van der Waals surface area contributed by atoms with Crippen molar-refractivity contribution in [2.24, 2.45) is 23.2 Å². The highest BCUT2D eigenvalue weighted by molar-refractivity contribution is 5.87. The summed E-state index contributed by atoms with van der Waals surface area (Å²) in [5, 5.41) is 0. The summed E-state index contributed by atoms with van der Waals surface area (Å²) in [4.78, 5) is 12.3.